The van der Waals surface area contributed by atoms with Crippen molar-refractivity contribution in [2.75, 3.05) is 0 Å². The Kier molecular flexibility index (Phi) is 2.22. The second-order valence-electron chi connectivity index (χ2n) is 3.53. The van der Waals surface area contributed by atoms with Crippen LogP contribution < -0.4 is 0 Å². The first-order valence-electron chi connectivity index (χ1n) is 4.91. The fourth-order valence-electron chi connectivity index (χ4n) is 1.67. The van der Waals surface area contributed by atoms with Crippen LogP contribution in [0.15, 0.2) is 52.1 Å². The van der Waals surface area contributed by atoms with Crippen molar-refractivity contribution in [1.82, 2.24) is 4.98 Å². The number of carbonyl (C=O) groups excluding carboxylic acids is 1. The summed E-state index contributed by atoms with van der Waals surface area (Å²) in [6.07, 6.45) is 10.5. The molecule has 78 valence electrons. The van der Waals surface area contributed by atoms with Crippen LogP contribution in [0.25, 0.3) is 0 Å². The van der Waals surface area contributed by atoms with Gasteiger partial charge in [0, 0.05) is 17.3 Å². The van der Waals surface area contributed by atoms with Crippen LogP contribution in [0.4, 0.5) is 5.69 Å². The fraction of sp³-hybridized carbons (Fsp3) is 0.0833. The SMILES string of the molecule is O=C1C=CC=C2C=Nc3cnccc3SC12. The highest BCUT2D eigenvalue weighted by Gasteiger charge is 2.26. The molecule has 0 bridgehead atoms. The number of aromatic nitrogens is 1. The van der Waals surface area contributed by atoms with E-state index in [1.54, 1.807) is 30.8 Å². The predicted octanol–water partition coefficient (Wildman–Crippen LogP) is 2.32. The number of ketones is 1. The molecule has 2 aliphatic rings. The minimum atomic E-state index is -0.155. The molecule has 1 aromatic heterocycles. The van der Waals surface area contributed by atoms with Crippen molar-refractivity contribution < 1.29 is 4.79 Å². The number of pyridine rings is 1. The summed E-state index contributed by atoms with van der Waals surface area (Å²) in [6, 6.07) is 1.89. The van der Waals surface area contributed by atoms with E-state index in [0.29, 0.717) is 0 Å². The van der Waals surface area contributed by atoms with Gasteiger partial charge < -0.3 is 0 Å². The molecule has 3 rings (SSSR count). The first kappa shape index (κ1) is 9.54. The van der Waals surface area contributed by atoms with Crippen molar-refractivity contribution in [1.29, 1.82) is 0 Å². The summed E-state index contributed by atoms with van der Waals surface area (Å²) < 4.78 is 0. The van der Waals surface area contributed by atoms with Gasteiger partial charge in [-0.05, 0) is 17.7 Å². The molecule has 0 aromatic carbocycles. The number of hydrogen-bond donors (Lipinski definition) is 0. The van der Waals surface area contributed by atoms with E-state index < -0.39 is 0 Å². The Morgan fingerprint density at radius 1 is 1.38 bits per heavy atom. The number of nitrogens with zero attached hydrogens (tertiary/aromatic N) is 2. The van der Waals surface area contributed by atoms with E-state index in [9.17, 15) is 4.79 Å². The third-order valence-electron chi connectivity index (χ3n) is 2.47. The Morgan fingerprint density at radius 2 is 2.31 bits per heavy atom. The van der Waals surface area contributed by atoms with Gasteiger partial charge >= 0.3 is 0 Å². The maximum atomic E-state index is 11.8. The summed E-state index contributed by atoms with van der Waals surface area (Å²) in [6.45, 7) is 0. The fourth-order valence-corrected chi connectivity index (χ4v) is 2.76. The molecule has 0 spiro atoms. The van der Waals surface area contributed by atoms with Gasteiger partial charge in [0.15, 0.2) is 5.78 Å². The lowest BCUT2D eigenvalue weighted by atomic mass is 10.0. The standard InChI is InChI=1S/C12H8N2OS/c15-10-3-1-2-8-6-14-9-7-13-5-4-11(9)16-12(8)10/h1-7,12H. The number of allylic oxidation sites excluding steroid dienone is 3. The molecule has 0 amide bonds. The third-order valence-corrected chi connectivity index (χ3v) is 3.81. The number of fused-ring (bicyclic) bond motifs is 2. The van der Waals surface area contributed by atoms with Gasteiger partial charge in [-0.15, -0.1) is 11.8 Å². The number of carbonyl (C=O) groups is 1. The highest BCUT2D eigenvalue weighted by Crippen LogP contribution is 2.38. The van der Waals surface area contributed by atoms with Gasteiger partial charge in [-0.1, -0.05) is 12.2 Å². The van der Waals surface area contributed by atoms with Crippen LogP contribution in [0.2, 0.25) is 0 Å². The predicted molar refractivity (Wildman–Crippen MR) is 64.3 cm³/mol. The monoisotopic (exact) mass is 228 g/mol. The molecule has 0 N–H and O–H groups in total. The number of rotatable bonds is 0. The Balaban J connectivity index is 2.10. The first-order chi connectivity index (χ1) is 7.84. The molecule has 0 radical (unpaired) electrons. The van der Waals surface area contributed by atoms with Crippen molar-refractivity contribution in [3.63, 3.8) is 0 Å². The number of aliphatic imine (C=N–C) groups is 1. The Hall–Kier alpha value is -1.68. The summed E-state index contributed by atoms with van der Waals surface area (Å²) in [5.74, 6) is 0.124. The summed E-state index contributed by atoms with van der Waals surface area (Å²) in [4.78, 5) is 21.1. The average molecular weight is 228 g/mol. The van der Waals surface area contributed by atoms with Crippen molar-refractivity contribution in [2.45, 2.75) is 10.1 Å². The molecule has 1 aromatic rings. The Labute approximate surface area is 97.0 Å². The molecule has 2 heterocycles. The second-order valence-corrected chi connectivity index (χ2v) is 4.67. The van der Waals surface area contributed by atoms with Gasteiger partial charge in [0.1, 0.15) is 0 Å². The molecule has 0 fully saturated rings. The van der Waals surface area contributed by atoms with Gasteiger partial charge in [0.2, 0.25) is 0 Å². The third kappa shape index (κ3) is 1.51. The second kappa shape index (κ2) is 3.72. The van der Waals surface area contributed by atoms with Gasteiger partial charge in [-0.3, -0.25) is 14.8 Å². The highest BCUT2D eigenvalue weighted by molar-refractivity contribution is 8.01. The van der Waals surface area contributed by atoms with Crippen LogP contribution in [-0.2, 0) is 4.79 Å². The van der Waals surface area contributed by atoms with Crippen LogP contribution in [0, 0.1) is 0 Å². The highest BCUT2D eigenvalue weighted by atomic mass is 32.2. The van der Waals surface area contributed by atoms with Gasteiger partial charge in [-0.25, -0.2) is 0 Å². The van der Waals surface area contributed by atoms with Crippen LogP contribution >= 0.6 is 11.8 Å². The summed E-state index contributed by atoms with van der Waals surface area (Å²) >= 11 is 1.54. The minimum Gasteiger partial charge on any atom is -0.293 e. The lowest BCUT2D eigenvalue weighted by Crippen LogP contribution is -2.19. The topological polar surface area (TPSA) is 42.3 Å². The minimum absolute atomic E-state index is 0.124. The first-order valence-corrected chi connectivity index (χ1v) is 5.79. The Morgan fingerprint density at radius 3 is 3.25 bits per heavy atom. The van der Waals surface area contributed by atoms with Gasteiger partial charge in [0.25, 0.3) is 0 Å². The van der Waals surface area contributed by atoms with E-state index in [2.05, 4.69) is 9.98 Å². The summed E-state index contributed by atoms with van der Waals surface area (Å²) in [7, 11) is 0. The molecule has 0 saturated heterocycles. The molecular formula is C12H8N2OS. The van der Waals surface area contributed by atoms with Crippen LogP contribution in [-0.4, -0.2) is 22.2 Å². The van der Waals surface area contributed by atoms with E-state index in [0.717, 1.165) is 16.2 Å². The molecular weight excluding hydrogens is 220 g/mol. The van der Waals surface area contributed by atoms with Crippen molar-refractivity contribution >= 4 is 29.4 Å². The number of hydrogen-bond acceptors (Lipinski definition) is 4. The van der Waals surface area contributed by atoms with Gasteiger partial charge in [0.05, 0.1) is 17.1 Å². The maximum absolute atomic E-state index is 11.8. The zero-order valence-electron chi connectivity index (χ0n) is 8.33. The summed E-state index contributed by atoms with van der Waals surface area (Å²) in [5, 5.41) is -0.155. The molecule has 4 heteroatoms. The van der Waals surface area contributed by atoms with Crippen molar-refractivity contribution in [3.05, 3.63) is 42.3 Å². The van der Waals surface area contributed by atoms with E-state index in [1.165, 1.54) is 11.8 Å². The van der Waals surface area contributed by atoms with Crippen molar-refractivity contribution in [2.24, 2.45) is 4.99 Å². The van der Waals surface area contributed by atoms with E-state index in [-0.39, 0.29) is 11.0 Å². The van der Waals surface area contributed by atoms with E-state index >= 15 is 0 Å². The van der Waals surface area contributed by atoms with E-state index in [4.69, 9.17) is 0 Å². The van der Waals surface area contributed by atoms with E-state index in [1.807, 2.05) is 12.1 Å². The van der Waals surface area contributed by atoms with Crippen molar-refractivity contribution in [3.8, 4) is 0 Å². The number of thioether (sulfide) groups is 1. The van der Waals surface area contributed by atoms with Crippen LogP contribution in [0.5, 0.6) is 0 Å². The molecule has 0 saturated carbocycles. The molecule has 3 nitrogen and oxygen atoms in total. The zero-order chi connectivity index (χ0) is 11.0. The Bertz CT molecular complexity index is 546. The smallest absolute Gasteiger partial charge is 0.173 e. The average Bonchev–Trinajstić information content (AvgIpc) is 2.50. The van der Waals surface area contributed by atoms with Crippen LogP contribution in [0.3, 0.4) is 0 Å². The van der Waals surface area contributed by atoms with Crippen LogP contribution in [0.1, 0.15) is 0 Å². The molecule has 1 unspecified atom stereocenters. The molecule has 1 atom stereocenters. The lowest BCUT2D eigenvalue weighted by molar-refractivity contribution is -0.113. The molecule has 1 aliphatic carbocycles. The molecule has 1 aliphatic heterocycles. The normalized spacial score (nSPS) is 22.1. The maximum Gasteiger partial charge on any atom is 0.173 e. The summed E-state index contributed by atoms with van der Waals surface area (Å²) in [5.41, 5.74) is 1.78. The van der Waals surface area contributed by atoms with Gasteiger partial charge in [-0.2, -0.15) is 0 Å². The molecule has 16 heavy (non-hydrogen) atoms. The largest absolute Gasteiger partial charge is 0.293 e. The quantitative estimate of drug-likeness (QED) is 0.684. The zero-order valence-corrected chi connectivity index (χ0v) is 9.15. The lowest BCUT2D eigenvalue weighted by Gasteiger charge is -2.14.